The minimum absolute atomic E-state index is 0.124. The number of nitrogens with zero attached hydrogens (tertiary/aromatic N) is 1. The van der Waals surface area contributed by atoms with Gasteiger partial charge >= 0.3 is 0 Å². The van der Waals surface area contributed by atoms with Crippen molar-refractivity contribution >= 4 is 49.7 Å². The predicted molar refractivity (Wildman–Crippen MR) is 115 cm³/mol. The first-order valence-electron chi connectivity index (χ1n) is 8.95. The molecule has 0 aliphatic heterocycles. The number of benzene rings is 3. The zero-order chi connectivity index (χ0) is 21.2. The molecule has 0 aliphatic carbocycles. The Hall–Kier alpha value is -2.64. The van der Waals surface area contributed by atoms with Crippen LogP contribution in [0.1, 0.15) is 13.3 Å². The summed E-state index contributed by atoms with van der Waals surface area (Å²) in [6.07, 6.45) is 1.21. The van der Waals surface area contributed by atoms with E-state index in [0.717, 1.165) is 27.4 Å². The Morgan fingerprint density at radius 2 is 1.83 bits per heavy atom. The number of fused-ring (bicyclic) bond motifs is 1. The number of halogens is 2. The van der Waals surface area contributed by atoms with Crippen LogP contribution in [0.2, 0.25) is 5.02 Å². The molecule has 0 spiro atoms. The van der Waals surface area contributed by atoms with E-state index in [2.05, 4.69) is 5.32 Å². The van der Waals surface area contributed by atoms with Crippen molar-refractivity contribution in [1.29, 1.82) is 0 Å². The highest BCUT2D eigenvalue weighted by molar-refractivity contribution is 7.92. The molecule has 1 N–H and O–H groups in total. The Labute approximate surface area is 174 Å². The van der Waals surface area contributed by atoms with Crippen molar-refractivity contribution in [2.45, 2.75) is 19.4 Å². The van der Waals surface area contributed by atoms with Crippen LogP contribution in [-0.4, -0.2) is 26.6 Å². The van der Waals surface area contributed by atoms with Gasteiger partial charge in [-0.15, -0.1) is 0 Å². The van der Waals surface area contributed by atoms with Gasteiger partial charge in [-0.25, -0.2) is 12.8 Å². The SMILES string of the molecule is CCC(C(=O)Nc1cccc2ccccc12)N(c1ccc(F)c(Cl)c1)S(C)(=O)=O. The Kier molecular flexibility index (Phi) is 6.10. The van der Waals surface area contributed by atoms with Gasteiger partial charge in [0.05, 0.1) is 17.0 Å². The summed E-state index contributed by atoms with van der Waals surface area (Å²) >= 11 is 5.83. The number of carbonyl (C=O) groups excluding carboxylic acids is 1. The highest BCUT2D eigenvalue weighted by atomic mass is 35.5. The van der Waals surface area contributed by atoms with E-state index in [1.165, 1.54) is 12.1 Å². The van der Waals surface area contributed by atoms with Gasteiger partial charge in [0.2, 0.25) is 15.9 Å². The Morgan fingerprint density at radius 1 is 1.14 bits per heavy atom. The summed E-state index contributed by atoms with van der Waals surface area (Å²) < 4.78 is 39.5. The number of hydrogen-bond donors (Lipinski definition) is 1. The molecule has 3 aromatic rings. The van der Waals surface area contributed by atoms with E-state index in [9.17, 15) is 17.6 Å². The van der Waals surface area contributed by atoms with E-state index >= 15 is 0 Å². The second-order valence-corrected chi connectivity index (χ2v) is 8.86. The molecule has 0 heterocycles. The average molecular weight is 435 g/mol. The number of anilines is 2. The van der Waals surface area contributed by atoms with E-state index in [4.69, 9.17) is 11.6 Å². The number of nitrogens with one attached hydrogen (secondary N) is 1. The molecule has 152 valence electrons. The number of sulfonamides is 1. The summed E-state index contributed by atoms with van der Waals surface area (Å²) in [5.74, 6) is -1.16. The third-order valence-electron chi connectivity index (χ3n) is 4.53. The summed E-state index contributed by atoms with van der Waals surface area (Å²) in [5, 5.41) is 4.40. The number of rotatable bonds is 6. The minimum Gasteiger partial charge on any atom is -0.324 e. The molecule has 29 heavy (non-hydrogen) atoms. The van der Waals surface area contributed by atoms with Crippen LogP contribution >= 0.6 is 11.6 Å². The lowest BCUT2D eigenvalue weighted by atomic mass is 10.1. The first-order valence-corrected chi connectivity index (χ1v) is 11.2. The molecule has 1 unspecified atom stereocenters. The lowest BCUT2D eigenvalue weighted by molar-refractivity contribution is -0.117. The van der Waals surface area contributed by atoms with E-state index in [1.807, 2.05) is 36.4 Å². The first kappa shape index (κ1) is 21.1. The van der Waals surface area contributed by atoms with Crippen LogP contribution in [0, 0.1) is 5.82 Å². The van der Waals surface area contributed by atoms with Crippen molar-refractivity contribution in [3.8, 4) is 0 Å². The largest absolute Gasteiger partial charge is 0.324 e. The molecule has 3 aromatic carbocycles. The van der Waals surface area contributed by atoms with Gasteiger partial charge in [-0.05, 0) is 36.1 Å². The van der Waals surface area contributed by atoms with Crippen molar-refractivity contribution in [2.75, 3.05) is 15.9 Å². The van der Waals surface area contributed by atoms with Gasteiger partial charge in [0.15, 0.2) is 0 Å². The van der Waals surface area contributed by atoms with Crippen LogP contribution in [-0.2, 0) is 14.8 Å². The quantitative estimate of drug-likeness (QED) is 0.605. The maximum absolute atomic E-state index is 13.6. The molecule has 3 rings (SSSR count). The van der Waals surface area contributed by atoms with Gasteiger partial charge in [0.25, 0.3) is 0 Å². The van der Waals surface area contributed by atoms with Gasteiger partial charge in [0, 0.05) is 11.1 Å². The van der Waals surface area contributed by atoms with Gasteiger partial charge in [-0.3, -0.25) is 9.10 Å². The highest BCUT2D eigenvalue weighted by Gasteiger charge is 2.32. The minimum atomic E-state index is -3.85. The molecule has 0 bridgehead atoms. The van der Waals surface area contributed by atoms with Gasteiger partial charge in [0.1, 0.15) is 11.9 Å². The molecule has 0 aromatic heterocycles. The third kappa shape index (κ3) is 4.52. The summed E-state index contributed by atoms with van der Waals surface area (Å²) in [7, 11) is -3.85. The Balaban J connectivity index is 2.00. The lowest BCUT2D eigenvalue weighted by Crippen LogP contribution is -2.47. The normalized spacial score (nSPS) is 12.6. The van der Waals surface area contributed by atoms with Crippen molar-refractivity contribution in [1.82, 2.24) is 0 Å². The zero-order valence-electron chi connectivity index (χ0n) is 15.9. The maximum Gasteiger partial charge on any atom is 0.248 e. The number of carbonyl (C=O) groups is 1. The highest BCUT2D eigenvalue weighted by Crippen LogP contribution is 2.29. The van der Waals surface area contributed by atoms with Gasteiger partial charge in [-0.2, -0.15) is 0 Å². The summed E-state index contributed by atoms with van der Waals surface area (Å²) in [5.41, 5.74) is 0.705. The van der Waals surface area contributed by atoms with E-state index in [0.29, 0.717) is 5.69 Å². The Morgan fingerprint density at radius 3 is 2.48 bits per heavy atom. The maximum atomic E-state index is 13.6. The van der Waals surface area contributed by atoms with Crippen LogP contribution in [0.5, 0.6) is 0 Å². The smallest absolute Gasteiger partial charge is 0.248 e. The molecule has 1 atom stereocenters. The second-order valence-electron chi connectivity index (χ2n) is 6.60. The van der Waals surface area contributed by atoms with E-state index in [-0.39, 0.29) is 17.1 Å². The van der Waals surface area contributed by atoms with Gasteiger partial charge in [-0.1, -0.05) is 54.9 Å². The molecular weight excluding hydrogens is 415 g/mol. The number of hydrogen-bond acceptors (Lipinski definition) is 3. The van der Waals surface area contributed by atoms with Crippen LogP contribution in [0.15, 0.2) is 60.7 Å². The summed E-state index contributed by atoms with van der Waals surface area (Å²) in [4.78, 5) is 13.1. The molecule has 0 saturated heterocycles. The fourth-order valence-electron chi connectivity index (χ4n) is 3.23. The predicted octanol–water partition coefficient (Wildman–Crippen LogP) is 4.82. The fraction of sp³-hybridized carbons (Fsp3) is 0.190. The molecule has 0 saturated carbocycles. The van der Waals surface area contributed by atoms with Crippen LogP contribution in [0.4, 0.5) is 15.8 Å². The standard InChI is InChI=1S/C21H20ClFN2O3S/c1-3-20(25(29(2,27)28)15-11-12-18(23)17(22)13-15)21(26)24-19-10-6-8-14-7-4-5-9-16(14)19/h4-13,20H,3H2,1-2H3,(H,24,26). The zero-order valence-corrected chi connectivity index (χ0v) is 17.5. The van der Waals surface area contributed by atoms with E-state index in [1.54, 1.807) is 13.0 Å². The van der Waals surface area contributed by atoms with Gasteiger partial charge < -0.3 is 5.32 Å². The van der Waals surface area contributed by atoms with Crippen molar-refractivity contribution in [3.05, 3.63) is 71.5 Å². The number of amides is 1. The molecule has 0 aliphatic rings. The molecule has 0 fully saturated rings. The van der Waals surface area contributed by atoms with Crippen LogP contribution in [0.3, 0.4) is 0 Å². The van der Waals surface area contributed by atoms with Crippen LogP contribution < -0.4 is 9.62 Å². The molecule has 0 radical (unpaired) electrons. The van der Waals surface area contributed by atoms with Crippen molar-refractivity contribution in [3.63, 3.8) is 0 Å². The topological polar surface area (TPSA) is 66.5 Å². The van der Waals surface area contributed by atoms with Crippen molar-refractivity contribution < 1.29 is 17.6 Å². The van der Waals surface area contributed by atoms with Crippen molar-refractivity contribution in [2.24, 2.45) is 0 Å². The second kappa shape index (κ2) is 8.39. The summed E-state index contributed by atoms with van der Waals surface area (Å²) in [6, 6.07) is 15.6. The Bertz CT molecular complexity index is 1160. The molecule has 5 nitrogen and oxygen atoms in total. The third-order valence-corrected chi connectivity index (χ3v) is 6.00. The van der Waals surface area contributed by atoms with E-state index < -0.39 is 27.8 Å². The monoisotopic (exact) mass is 434 g/mol. The fourth-order valence-corrected chi connectivity index (χ4v) is 4.61. The first-order chi connectivity index (χ1) is 13.7. The average Bonchev–Trinajstić information content (AvgIpc) is 2.67. The molecular formula is C21H20ClFN2O3S. The molecule has 1 amide bonds. The summed E-state index contributed by atoms with van der Waals surface area (Å²) in [6.45, 7) is 1.71. The molecule has 8 heteroatoms. The lowest BCUT2D eigenvalue weighted by Gasteiger charge is -2.30. The van der Waals surface area contributed by atoms with Crippen LogP contribution in [0.25, 0.3) is 10.8 Å².